The first-order chi connectivity index (χ1) is 13.3. The molecule has 2 atom stereocenters. The molecule has 1 aromatic heterocycles. The largest absolute Gasteiger partial charge is 0.349 e. The van der Waals surface area contributed by atoms with Crippen molar-refractivity contribution in [1.82, 2.24) is 20.1 Å². The van der Waals surface area contributed by atoms with Crippen molar-refractivity contribution >= 4 is 17.7 Å². The SMILES string of the molecule is Cc1ccc(-c2nnc(SC(C)C(=O)NC(C)c3ccc(F)cc3)n2C)cc1. The van der Waals surface area contributed by atoms with Crippen LogP contribution >= 0.6 is 11.8 Å². The van der Waals surface area contributed by atoms with Crippen LogP contribution in [0.2, 0.25) is 0 Å². The topological polar surface area (TPSA) is 59.8 Å². The molecule has 0 bridgehead atoms. The van der Waals surface area contributed by atoms with Gasteiger partial charge in [-0.3, -0.25) is 4.79 Å². The molecule has 0 radical (unpaired) electrons. The van der Waals surface area contributed by atoms with Crippen LogP contribution in [-0.2, 0) is 11.8 Å². The van der Waals surface area contributed by atoms with Gasteiger partial charge in [0.15, 0.2) is 11.0 Å². The standard InChI is InChI=1S/C21H23FN4OS/c1-13-5-7-17(8-6-13)19-24-25-21(26(19)4)28-15(3)20(27)23-14(2)16-9-11-18(22)12-10-16/h5-12,14-15H,1-4H3,(H,23,27). The Kier molecular flexibility index (Phi) is 6.14. The van der Waals surface area contributed by atoms with Crippen molar-refractivity contribution in [1.29, 1.82) is 0 Å². The number of hydrogen-bond acceptors (Lipinski definition) is 4. The van der Waals surface area contributed by atoms with Crippen LogP contribution in [0.25, 0.3) is 11.4 Å². The predicted octanol–water partition coefficient (Wildman–Crippen LogP) is 4.29. The van der Waals surface area contributed by atoms with Crippen LogP contribution < -0.4 is 5.32 Å². The number of aromatic nitrogens is 3. The number of nitrogens with zero attached hydrogens (tertiary/aromatic N) is 3. The molecule has 28 heavy (non-hydrogen) atoms. The minimum Gasteiger partial charge on any atom is -0.349 e. The third-order valence-corrected chi connectivity index (χ3v) is 5.66. The zero-order chi connectivity index (χ0) is 20.3. The fourth-order valence-electron chi connectivity index (χ4n) is 2.75. The summed E-state index contributed by atoms with van der Waals surface area (Å²) in [5, 5.41) is 11.8. The van der Waals surface area contributed by atoms with E-state index in [1.54, 1.807) is 12.1 Å². The monoisotopic (exact) mass is 398 g/mol. The number of nitrogens with one attached hydrogen (secondary N) is 1. The molecule has 3 aromatic rings. The first-order valence-electron chi connectivity index (χ1n) is 9.04. The summed E-state index contributed by atoms with van der Waals surface area (Å²) in [6.07, 6.45) is 0. The van der Waals surface area contributed by atoms with Crippen molar-refractivity contribution in [3.05, 3.63) is 65.5 Å². The summed E-state index contributed by atoms with van der Waals surface area (Å²) >= 11 is 1.35. The van der Waals surface area contributed by atoms with Gasteiger partial charge in [-0.15, -0.1) is 10.2 Å². The lowest BCUT2D eigenvalue weighted by Gasteiger charge is -2.17. The van der Waals surface area contributed by atoms with Crippen molar-refractivity contribution in [3.63, 3.8) is 0 Å². The van der Waals surface area contributed by atoms with Crippen LogP contribution in [0.5, 0.6) is 0 Å². The van der Waals surface area contributed by atoms with E-state index in [1.807, 2.05) is 56.7 Å². The maximum Gasteiger partial charge on any atom is 0.233 e. The highest BCUT2D eigenvalue weighted by Gasteiger charge is 2.21. The summed E-state index contributed by atoms with van der Waals surface area (Å²) in [4.78, 5) is 12.6. The van der Waals surface area contributed by atoms with Gasteiger partial charge in [-0.2, -0.15) is 0 Å². The van der Waals surface area contributed by atoms with E-state index < -0.39 is 0 Å². The number of benzene rings is 2. The molecule has 0 fully saturated rings. The third kappa shape index (κ3) is 4.59. The fourth-order valence-corrected chi connectivity index (χ4v) is 3.57. The number of carbonyl (C=O) groups is 1. The van der Waals surface area contributed by atoms with Gasteiger partial charge < -0.3 is 9.88 Å². The van der Waals surface area contributed by atoms with Gasteiger partial charge in [-0.25, -0.2) is 4.39 Å². The van der Waals surface area contributed by atoms with Crippen LogP contribution in [0, 0.1) is 12.7 Å². The van der Waals surface area contributed by atoms with Gasteiger partial charge in [-0.05, 0) is 38.5 Å². The molecular weight excluding hydrogens is 375 g/mol. The second-order valence-corrected chi connectivity index (χ2v) is 8.08. The second-order valence-electron chi connectivity index (χ2n) is 6.77. The van der Waals surface area contributed by atoms with Gasteiger partial charge in [0.25, 0.3) is 0 Å². The maximum absolute atomic E-state index is 13.1. The van der Waals surface area contributed by atoms with Gasteiger partial charge in [0, 0.05) is 12.6 Å². The normalized spacial score (nSPS) is 13.2. The van der Waals surface area contributed by atoms with Gasteiger partial charge in [0.2, 0.25) is 5.91 Å². The molecule has 0 saturated heterocycles. The zero-order valence-corrected chi connectivity index (χ0v) is 17.1. The van der Waals surface area contributed by atoms with Crippen LogP contribution in [0.4, 0.5) is 4.39 Å². The number of hydrogen-bond donors (Lipinski definition) is 1. The van der Waals surface area contributed by atoms with E-state index in [0.717, 1.165) is 17.0 Å². The van der Waals surface area contributed by atoms with Crippen LogP contribution in [0.3, 0.4) is 0 Å². The first-order valence-corrected chi connectivity index (χ1v) is 9.92. The zero-order valence-electron chi connectivity index (χ0n) is 16.3. The fraction of sp³-hybridized carbons (Fsp3) is 0.286. The molecule has 2 aromatic carbocycles. The lowest BCUT2D eigenvalue weighted by atomic mass is 10.1. The molecule has 0 saturated carbocycles. The molecule has 5 nitrogen and oxygen atoms in total. The quantitative estimate of drug-likeness (QED) is 0.630. The van der Waals surface area contributed by atoms with E-state index in [2.05, 4.69) is 15.5 Å². The van der Waals surface area contributed by atoms with E-state index in [4.69, 9.17) is 0 Å². The number of aryl methyl sites for hydroxylation is 1. The number of amides is 1. The lowest BCUT2D eigenvalue weighted by molar-refractivity contribution is -0.120. The number of carbonyl (C=O) groups excluding carboxylic acids is 1. The van der Waals surface area contributed by atoms with Crippen molar-refractivity contribution < 1.29 is 9.18 Å². The molecule has 2 unspecified atom stereocenters. The van der Waals surface area contributed by atoms with Crippen molar-refractivity contribution in [2.75, 3.05) is 0 Å². The van der Waals surface area contributed by atoms with E-state index in [1.165, 1.54) is 29.5 Å². The molecular formula is C21H23FN4OS. The predicted molar refractivity (Wildman–Crippen MR) is 109 cm³/mol. The summed E-state index contributed by atoms with van der Waals surface area (Å²) < 4.78 is 15.0. The highest BCUT2D eigenvalue weighted by molar-refractivity contribution is 8.00. The van der Waals surface area contributed by atoms with E-state index in [0.29, 0.717) is 5.16 Å². The summed E-state index contributed by atoms with van der Waals surface area (Å²) in [5.74, 6) is 0.356. The Bertz CT molecular complexity index is 954. The maximum atomic E-state index is 13.1. The van der Waals surface area contributed by atoms with Gasteiger partial charge in [0.05, 0.1) is 11.3 Å². The van der Waals surface area contributed by atoms with E-state index in [9.17, 15) is 9.18 Å². The summed E-state index contributed by atoms with van der Waals surface area (Å²) in [5.41, 5.74) is 3.02. The van der Waals surface area contributed by atoms with Gasteiger partial charge in [0.1, 0.15) is 5.82 Å². The van der Waals surface area contributed by atoms with Gasteiger partial charge >= 0.3 is 0 Å². The Morgan fingerprint density at radius 2 is 1.71 bits per heavy atom. The average Bonchev–Trinajstić information content (AvgIpc) is 3.03. The molecule has 1 amide bonds. The number of thioether (sulfide) groups is 1. The van der Waals surface area contributed by atoms with Crippen molar-refractivity contribution in [2.45, 2.75) is 37.2 Å². The van der Waals surface area contributed by atoms with Crippen molar-refractivity contribution in [2.24, 2.45) is 7.05 Å². The molecule has 0 aliphatic rings. The Hall–Kier alpha value is -2.67. The molecule has 146 valence electrons. The van der Waals surface area contributed by atoms with E-state index >= 15 is 0 Å². The average molecular weight is 399 g/mol. The Balaban J connectivity index is 1.65. The molecule has 0 spiro atoms. The molecule has 3 rings (SSSR count). The smallest absolute Gasteiger partial charge is 0.233 e. The lowest BCUT2D eigenvalue weighted by Crippen LogP contribution is -2.33. The minimum absolute atomic E-state index is 0.110. The molecule has 0 aliphatic carbocycles. The Morgan fingerprint density at radius 3 is 2.36 bits per heavy atom. The highest BCUT2D eigenvalue weighted by atomic mass is 32.2. The highest BCUT2D eigenvalue weighted by Crippen LogP contribution is 2.26. The van der Waals surface area contributed by atoms with Gasteiger partial charge in [-0.1, -0.05) is 53.7 Å². The molecule has 1 N–H and O–H groups in total. The first kappa shape index (κ1) is 20.1. The molecule has 7 heteroatoms. The minimum atomic E-state index is -0.350. The number of halogens is 1. The van der Waals surface area contributed by atoms with Crippen molar-refractivity contribution in [3.8, 4) is 11.4 Å². The molecule has 1 heterocycles. The third-order valence-electron chi connectivity index (χ3n) is 4.52. The van der Waals surface area contributed by atoms with Crippen LogP contribution in [-0.4, -0.2) is 25.9 Å². The van der Waals surface area contributed by atoms with Crippen LogP contribution in [0.1, 0.15) is 31.0 Å². The molecule has 0 aliphatic heterocycles. The van der Waals surface area contributed by atoms with E-state index in [-0.39, 0.29) is 23.0 Å². The summed E-state index contributed by atoms with van der Waals surface area (Å²) in [7, 11) is 1.89. The number of rotatable bonds is 6. The summed E-state index contributed by atoms with van der Waals surface area (Å²) in [6.45, 7) is 5.74. The second kappa shape index (κ2) is 8.56. The summed E-state index contributed by atoms with van der Waals surface area (Å²) in [6, 6.07) is 14.0. The Morgan fingerprint density at radius 1 is 1.07 bits per heavy atom. The van der Waals surface area contributed by atoms with Crippen LogP contribution in [0.15, 0.2) is 53.7 Å². The Labute approximate surface area is 168 Å².